The lowest BCUT2D eigenvalue weighted by Gasteiger charge is -2.33. The molecule has 1 aromatic carbocycles. The Morgan fingerprint density at radius 3 is 2.95 bits per heavy atom. The second kappa shape index (κ2) is 7.34. The molecule has 3 nitrogen and oxygen atoms in total. The van der Waals surface area contributed by atoms with Crippen LogP contribution in [0.2, 0.25) is 0 Å². The minimum atomic E-state index is -0.692. The third-order valence-corrected chi connectivity index (χ3v) is 4.06. The molecule has 0 spiro atoms. The Bertz CT molecular complexity index is 444. The average molecular weight is 295 g/mol. The van der Waals surface area contributed by atoms with Crippen LogP contribution >= 0.6 is 0 Å². The quantitative estimate of drug-likeness (QED) is 0.847. The smallest absolute Gasteiger partial charge is 0.123 e. The minimum Gasteiger partial charge on any atom is -0.387 e. The summed E-state index contributed by atoms with van der Waals surface area (Å²) in [6, 6.07) is 6.14. The van der Waals surface area contributed by atoms with Crippen LogP contribution in [0.3, 0.4) is 0 Å². The van der Waals surface area contributed by atoms with Crippen LogP contribution in [0.15, 0.2) is 24.3 Å². The molecule has 0 amide bonds. The summed E-state index contributed by atoms with van der Waals surface area (Å²) in [5, 5.41) is 13.6. The first-order valence-corrected chi connectivity index (χ1v) is 7.72. The van der Waals surface area contributed by atoms with Gasteiger partial charge in [-0.2, -0.15) is 0 Å². The zero-order valence-electron chi connectivity index (χ0n) is 12.9. The molecule has 0 bridgehead atoms. The zero-order chi connectivity index (χ0) is 15.3. The van der Waals surface area contributed by atoms with Gasteiger partial charge in [0.05, 0.1) is 6.10 Å². The van der Waals surface area contributed by atoms with Gasteiger partial charge in [-0.05, 0) is 56.7 Å². The molecule has 4 heteroatoms. The number of hydrogen-bond acceptors (Lipinski definition) is 3. The lowest BCUT2D eigenvalue weighted by Crippen LogP contribution is -2.44. The monoisotopic (exact) mass is 295 g/mol. The highest BCUT2D eigenvalue weighted by molar-refractivity contribution is 5.19. The van der Waals surface area contributed by atoms with E-state index in [9.17, 15) is 9.50 Å². The van der Waals surface area contributed by atoms with E-state index in [1.165, 1.54) is 18.6 Å². The highest BCUT2D eigenvalue weighted by Crippen LogP contribution is 2.24. The maximum absolute atomic E-state index is 13.2. The van der Waals surface area contributed by atoms with Gasteiger partial charge in [-0.1, -0.05) is 12.1 Å². The number of ether oxygens (including phenoxy) is 1. The second-order valence-corrected chi connectivity index (χ2v) is 6.62. The van der Waals surface area contributed by atoms with Gasteiger partial charge in [0, 0.05) is 25.3 Å². The fraction of sp³-hybridized carbons (Fsp3) is 0.647. The molecule has 1 aliphatic heterocycles. The number of benzene rings is 1. The SMILES string of the molecule is CC(C)(C[C@@H]1CCCOC1)NC[C@H](O)c1cccc(F)c1. The van der Waals surface area contributed by atoms with Crippen LogP contribution in [0.25, 0.3) is 0 Å². The molecule has 118 valence electrons. The lowest BCUT2D eigenvalue weighted by molar-refractivity contribution is 0.0402. The normalized spacial score (nSPS) is 21.2. The molecule has 1 aromatic rings. The number of rotatable bonds is 6. The molecule has 1 fully saturated rings. The van der Waals surface area contributed by atoms with Gasteiger partial charge in [-0.3, -0.25) is 0 Å². The van der Waals surface area contributed by atoms with E-state index in [-0.39, 0.29) is 11.4 Å². The standard InChI is InChI=1S/C17H26FNO2/c1-17(2,10-13-5-4-8-21-12-13)19-11-16(20)14-6-3-7-15(18)9-14/h3,6-7,9,13,16,19-20H,4-5,8,10-12H2,1-2H3/t13-,16-/m0/s1. The number of aliphatic hydroxyl groups is 1. The topological polar surface area (TPSA) is 41.5 Å². The molecular formula is C17H26FNO2. The summed E-state index contributed by atoms with van der Waals surface area (Å²) in [4.78, 5) is 0. The Morgan fingerprint density at radius 2 is 2.29 bits per heavy atom. The van der Waals surface area contributed by atoms with Crippen molar-refractivity contribution in [2.45, 2.75) is 44.8 Å². The highest BCUT2D eigenvalue weighted by atomic mass is 19.1. The van der Waals surface area contributed by atoms with Gasteiger partial charge >= 0.3 is 0 Å². The van der Waals surface area contributed by atoms with Gasteiger partial charge in [0.15, 0.2) is 0 Å². The minimum absolute atomic E-state index is 0.0698. The number of hydrogen-bond donors (Lipinski definition) is 2. The van der Waals surface area contributed by atoms with Crippen LogP contribution in [0, 0.1) is 11.7 Å². The van der Waals surface area contributed by atoms with Crippen molar-refractivity contribution in [3.63, 3.8) is 0 Å². The third-order valence-electron chi connectivity index (χ3n) is 4.06. The van der Waals surface area contributed by atoms with E-state index in [1.54, 1.807) is 12.1 Å². The number of halogens is 1. The van der Waals surface area contributed by atoms with Crippen molar-refractivity contribution in [3.05, 3.63) is 35.6 Å². The van der Waals surface area contributed by atoms with Crippen molar-refractivity contribution in [1.29, 1.82) is 0 Å². The molecule has 0 saturated carbocycles. The largest absolute Gasteiger partial charge is 0.387 e. The Morgan fingerprint density at radius 1 is 1.48 bits per heavy atom. The van der Waals surface area contributed by atoms with Crippen LogP contribution in [0.1, 0.15) is 44.8 Å². The van der Waals surface area contributed by atoms with Crippen molar-refractivity contribution in [2.75, 3.05) is 19.8 Å². The van der Waals surface area contributed by atoms with Crippen molar-refractivity contribution >= 4 is 0 Å². The van der Waals surface area contributed by atoms with Crippen molar-refractivity contribution in [2.24, 2.45) is 5.92 Å². The summed E-state index contributed by atoms with van der Waals surface area (Å²) in [5.41, 5.74) is 0.541. The molecule has 2 N–H and O–H groups in total. The molecule has 2 atom stereocenters. The summed E-state index contributed by atoms with van der Waals surface area (Å²) < 4.78 is 18.7. The van der Waals surface area contributed by atoms with Gasteiger partial charge in [-0.25, -0.2) is 4.39 Å². The number of β-amino-alcohol motifs (C(OH)–C–C–N with tert-alkyl or cyclic N) is 1. The van der Waals surface area contributed by atoms with Crippen molar-refractivity contribution in [3.8, 4) is 0 Å². The molecule has 0 aliphatic carbocycles. The maximum Gasteiger partial charge on any atom is 0.123 e. The van der Waals surface area contributed by atoms with Gasteiger partial charge in [-0.15, -0.1) is 0 Å². The summed E-state index contributed by atoms with van der Waals surface area (Å²) in [5.74, 6) is 0.262. The third kappa shape index (κ3) is 5.38. The van der Waals surface area contributed by atoms with Crippen LogP contribution in [-0.2, 0) is 4.74 Å². The lowest BCUT2D eigenvalue weighted by atomic mass is 9.87. The van der Waals surface area contributed by atoms with E-state index in [1.807, 2.05) is 0 Å². The summed E-state index contributed by atoms with van der Waals surface area (Å²) >= 11 is 0. The molecule has 2 rings (SSSR count). The second-order valence-electron chi connectivity index (χ2n) is 6.62. The van der Waals surface area contributed by atoms with Gasteiger partial charge < -0.3 is 15.2 Å². The molecule has 0 radical (unpaired) electrons. The number of aliphatic hydroxyl groups excluding tert-OH is 1. The predicted octanol–water partition coefficient (Wildman–Crippen LogP) is 3.04. The molecule has 0 unspecified atom stereocenters. The van der Waals surface area contributed by atoms with Crippen LogP contribution in [0.4, 0.5) is 4.39 Å². The first kappa shape index (κ1) is 16.4. The van der Waals surface area contributed by atoms with E-state index >= 15 is 0 Å². The Kier molecular flexibility index (Phi) is 5.73. The Labute approximate surface area is 126 Å². The van der Waals surface area contributed by atoms with E-state index in [2.05, 4.69) is 19.2 Å². The molecule has 1 aliphatic rings. The van der Waals surface area contributed by atoms with Crippen molar-refractivity contribution in [1.82, 2.24) is 5.32 Å². The summed E-state index contributed by atoms with van der Waals surface area (Å²) in [6.45, 7) is 6.41. The maximum atomic E-state index is 13.2. The fourth-order valence-electron chi connectivity index (χ4n) is 2.97. The molecular weight excluding hydrogens is 269 g/mol. The Balaban J connectivity index is 1.82. The van der Waals surface area contributed by atoms with Gasteiger partial charge in [0.25, 0.3) is 0 Å². The fourth-order valence-corrected chi connectivity index (χ4v) is 2.97. The molecule has 1 saturated heterocycles. The predicted molar refractivity (Wildman–Crippen MR) is 81.6 cm³/mol. The molecule has 0 aromatic heterocycles. The van der Waals surface area contributed by atoms with Gasteiger partial charge in [0.2, 0.25) is 0 Å². The molecule has 1 heterocycles. The number of nitrogens with one attached hydrogen (secondary N) is 1. The van der Waals surface area contributed by atoms with Crippen LogP contribution in [-0.4, -0.2) is 30.4 Å². The van der Waals surface area contributed by atoms with Crippen LogP contribution < -0.4 is 5.32 Å². The highest BCUT2D eigenvalue weighted by Gasteiger charge is 2.25. The molecule has 21 heavy (non-hydrogen) atoms. The van der Waals surface area contributed by atoms with Crippen molar-refractivity contribution < 1.29 is 14.2 Å². The van der Waals surface area contributed by atoms with Crippen LogP contribution in [0.5, 0.6) is 0 Å². The van der Waals surface area contributed by atoms with E-state index in [0.717, 1.165) is 26.1 Å². The summed E-state index contributed by atoms with van der Waals surface area (Å²) in [6.07, 6.45) is 2.66. The first-order valence-electron chi connectivity index (χ1n) is 7.72. The Hall–Kier alpha value is -0.970. The van der Waals surface area contributed by atoms with E-state index < -0.39 is 6.10 Å². The van der Waals surface area contributed by atoms with E-state index in [0.29, 0.717) is 18.0 Å². The zero-order valence-corrected chi connectivity index (χ0v) is 12.9. The first-order chi connectivity index (χ1) is 9.96. The van der Waals surface area contributed by atoms with E-state index in [4.69, 9.17) is 4.74 Å². The average Bonchev–Trinajstić information content (AvgIpc) is 2.45. The summed E-state index contributed by atoms with van der Waals surface area (Å²) in [7, 11) is 0. The van der Waals surface area contributed by atoms with Gasteiger partial charge in [0.1, 0.15) is 5.82 Å².